The highest BCUT2D eigenvalue weighted by Crippen LogP contribution is 2.40. The number of aromatic nitrogens is 1. The molecule has 33 heavy (non-hydrogen) atoms. The second kappa shape index (κ2) is 8.46. The van der Waals surface area contributed by atoms with Gasteiger partial charge in [0, 0.05) is 34.8 Å². The lowest BCUT2D eigenvalue weighted by Gasteiger charge is -2.13. The van der Waals surface area contributed by atoms with E-state index in [1.54, 1.807) is 0 Å². The third kappa shape index (κ3) is 4.67. The number of anilines is 2. The molecule has 172 valence electrons. The van der Waals surface area contributed by atoms with E-state index in [1.807, 2.05) is 56.3 Å². The normalized spacial score (nSPS) is 15.6. The quantitative estimate of drug-likeness (QED) is 0.467. The molecule has 0 unspecified atom stereocenters. The van der Waals surface area contributed by atoms with Crippen molar-refractivity contribution in [3.8, 4) is 11.3 Å². The summed E-state index contributed by atoms with van der Waals surface area (Å²) in [6, 6.07) is 13.7. The first-order valence-corrected chi connectivity index (χ1v) is 11.7. The number of fused-ring (bicyclic) bond motifs is 1. The van der Waals surface area contributed by atoms with Gasteiger partial charge in [-0.3, -0.25) is 10.1 Å². The highest BCUT2D eigenvalue weighted by molar-refractivity contribution is 6.05. The van der Waals surface area contributed by atoms with Crippen LogP contribution in [0.25, 0.3) is 22.2 Å². The molecule has 0 aliphatic heterocycles. The Hall–Kier alpha value is -3.48. The van der Waals surface area contributed by atoms with Crippen LogP contribution in [0.1, 0.15) is 49.9 Å². The number of rotatable bonds is 7. The zero-order valence-corrected chi connectivity index (χ0v) is 19.1. The Bertz CT molecular complexity index is 1200. The Balaban J connectivity index is 1.49. The van der Waals surface area contributed by atoms with Gasteiger partial charge in [0.15, 0.2) is 0 Å². The lowest BCUT2D eigenvalue weighted by atomic mass is 10.1. The third-order valence-electron chi connectivity index (χ3n) is 6.16. The minimum absolute atomic E-state index is 0.0256. The van der Waals surface area contributed by atoms with Gasteiger partial charge in [0.05, 0.1) is 23.0 Å². The third-order valence-corrected chi connectivity index (χ3v) is 6.16. The maximum absolute atomic E-state index is 12.6. The number of ether oxygens (including phenoxy) is 1. The lowest BCUT2D eigenvalue weighted by Crippen LogP contribution is -2.25. The van der Waals surface area contributed by atoms with Crippen molar-refractivity contribution in [2.75, 3.05) is 11.1 Å². The average molecular weight is 447 g/mol. The van der Waals surface area contributed by atoms with Crippen LogP contribution in [-0.2, 0) is 11.3 Å². The van der Waals surface area contributed by atoms with Crippen LogP contribution in [0.3, 0.4) is 0 Å². The summed E-state index contributed by atoms with van der Waals surface area (Å²) in [7, 11) is 0. The van der Waals surface area contributed by atoms with Crippen molar-refractivity contribution in [3.63, 3.8) is 0 Å². The molecule has 1 heterocycles. The Kier molecular flexibility index (Phi) is 5.48. The molecule has 0 bridgehead atoms. The molecule has 7 heteroatoms. The van der Waals surface area contributed by atoms with E-state index in [0.717, 1.165) is 41.5 Å². The zero-order chi connectivity index (χ0) is 23.1. The summed E-state index contributed by atoms with van der Waals surface area (Å²) in [6.07, 6.45) is 3.88. The van der Waals surface area contributed by atoms with E-state index in [4.69, 9.17) is 10.5 Å². The smallest absolute Gasteiger partial charge is 0.411 e. The number of benzene rings is 2. The Morgan fingerprint density at radius 1 is 1.09 bits per heavy atom. The molecule has 2 saturated carbocycles. The standard InChI is InChI=1S/C26H30N4O3/c1-15(2)33-26(32)29-20-8-5-17(6-9-20)24-23(27)21-12-7-18(25(31)28-19-10-11-19)13-22(21)30(24)14-16-3-4-16/h5-9,12-13,15-16,19H,3-4,10-11,14,27H2,1-2H3,(H,28,31)(H,29,32). The molecule has 2 aromatic carbocycles. The maximum atomic E-state index is 12.6. The minimum atomic E-state index is -0.475. The monoisotopic (exact) mass is 446 g/mol. The van der Waals surface area contributed by atoms with Gasteiger partial charge < -0.3 is 20.4 Å². The molecule has 2 fully saturated rings. The molecule has 3 aromatic rings. The largest absolute Gasteiger partial charge is 0.447 e. The van der Waals surface area contributed by atoms with Crippen molar-refractivity contribution in [1.29, 1.82) is 0 Å². The molecule has 0 atom stereocenters. The minimum Gasteiger partial charge on any atom is -0.447 e. The fourth-order valence-electron chi connectivity index (χ4n) is 4.15. The van der Waals surface area contributed by atoms with E-state index in [1.165, 1.54) is 12.8 Å². The predicted octanol–water partition coefficient (Wildman–Crippen LogP) is 5.15. The SMILES string of the molecule is CC(C)OC(=O)Nc1ccc(-c2c(N)c3ccc(C(=O)NC4CC4)cc3n2CC2CC2)cc1. The Labute approximate surface area is 193 Å². The maximum Gasteiger partial charge on any atom is 0.411 e. The lowest BCUT2D eigenvalue weighted by molar-refractivity contribution is 0.0951. The number of nitrogen functional groups attached to an aromatic ring is 1. The van der Waals surface area contributed by atoms with Crippen molar-refractivity contribution in [3.05, 3.63) is 48.0 Å². The molecule has 5 rings (SSSR count). The molecule has 0 radical (unpaired) electrons. The van der Waals surface area contributed by atoms with Gasteiger partial charge >= 0.3 is 6.09 Å². The van der Waals surface area contributed by atoms with Crippen molar-refractivity contribution in [2.45, 2.75) is 58.2 Å². The summed E-state index contributed by atoms with van der Waals surface area (Å²) in [5.41, 5.74) is 11.6. The highest BCUT2D eigenvalue weighted by atomic mass is 16.6. The van der Waals surface area contributed by atoms with E-state index in [2.05, 4.69) is 15.2 Å². The molecular weight excluding hydrogens is 416 g/mol. The average Bonchev–Trinajstić information content (AvgIpc) is 3.70. The second-order valence-corrected chi connectivity index (χ2v) is 9.45. The number of carbonyl (C=O) groups excluding carboxylic acids is 2. The number of hydrogen-bond acceptors (Lipinski definition) is 4. The van der Waals surface area contributed by atoms with Crippen LogP contribution in [0.15, 0.2) is 42.5 Å². The topological polar surface area (TPSA) is 98.4 Å². The fourth-order valence-corrected chi connectivity index (χ4v) is 4.15. The van der Waals surface area contributed by atoms with Crippen molar-refractivity contribution >= 4 is 34.3 Å². The summed E-state index contributed by atoms with van der Waals surface area (Å²) >= 11 is 0. The predicted molar refractivity (Wildman–Crippen MR) is 130 cm³/mol. The van der Waals surface area contributed by atoms with Gasteiger partial charge in [-0.1, -0.05) is 12.1 Å². The van der Waals surface area contributed by atoms with E-state index in [0.29, 0.717) is 28.9 Å². The fraction of sp³-hybridized carbons (Fsp3) is 0.385. The van der Waals surface area contributed by atoms with Crippen molar-refractivity contribution in [1.82, 2.24) is 9.88 Å². The summed E-state index contributed by atoms with van der Waals surface area (Å²) in [5.74, 6) is 0.608. The Morgan fingerprint density at radius 3 is 2.45 bits per heavy atom. The first-order chi connectivity index (χ1) is 15.9. The second-order valence-electron chi connectivity index (χ2n) is 9.45. The van der Waals surface area contributed by atoms with Crippen LogP contribution < -0.4 is 16.4 Å². The number of amides is 2. The van der Waals surface area contributed by atoms with Crippen LogP contribution in [0.4, 0.5) is 16.2 Å². The Morgan fingerprint density at radius 2 is 1.82 bits per heavy atom. The number of hydrogen-bond donors (Lipinski definition) is 3. The van der Waals surface area contributed by atoms with Crippen LogP contribution in [-0.4, -0.2) is 28.7 Å². The number of nitrogens with two attached hydrogens (primary N) is 1. The van der Waals surface area contributed by atoms with Gasteiger partial charge in [0.2, 0.25) is 0 Å². The van der Waals surface area contributed by atoms with Gasteiger partial charge in [-0.25, -0.2) is 4.79 Å². The van der Waals surface area contributed by atoms with Crippen LogP contribution in [0.5, 0.6) is 0 Å². The molecule has 0 saturated heterocycles. The summed E-state index contributed by atoms with van der Waals surface area (Å²) < 4.78 is 7.40. The molecule has 2 aliphatic carbocycles. The van der Waals surface area contributed by atoms with E-state index < -0.39 is 6.09 Å². The molecule has 7 nitrogen and oxygen atoms in total. The molecular formula is C26H30N4O3. The van der Waals surface area contributed by atoms with Gasteiger partial charge in [0.25, 0.3) is 5.91 Å². The van der Waals surface area contributed by atoms with Gasteiger partial charge in [0.1, 0.15) is 0 Å². The highest BCUT2D eigenvalue weighted by Gasteiger charge is 2.27. The number of nitrogens with one attached hydrogen (secondary N) is 2. The molecule has 2 amide bonds. The van der Waals surface area contributed by atoms with Crippen molar-refractivity contribution < 1.29 is 14.3 Å². The van der Waals surface area contributed by atoms with Gasteiger partial charge in [-0.05, 0) is 75.8 Å². The van der Waals surface area contributed by atoms with E-state index >= 15 is 0 Å². The summed E-state index contributed by atoms with van der Waals surface area (Å²) in [5, 5.41) is 6.77. The summed E-state index contributed by atoms with van der Waals surface area (Å²) in [6.45, 7) is 4.49. The van der Waals surface area contributed by atoms with Crippen LogP contribution in [0.2, 0.25) is 0 Å². The molecule has 1 aromatic heterocycles. The zero-order valence-electron chi connectivity index (χ0n) is 19.1. The number of nitrogens with zero attached hydrogens (tertiary/aromatic N) is 1. The molecule has 0 spiro atoms. The molecule has 2 aliphatic rings. The van der Waals surface area contributed by atoms with Gasteiger partial charge in [-0.15, -0.1) is 0 Å². The first kappa shape index (κ1) is 21.4. The van der Waals surface area contributed by atoms with Gasteiger partial charge in [-0.2, -0.15) is 0 Å². The van der Waals surface area contributed by atoms with Crippen molar-refractivity contribution in [2.24, 2.45) is 5.92 Å². The first-order valence-electron chi connectivity index (χ1n) is 11.7. The van der Waals surface area contributed by atoms with E-state index in [-0.39, 0.29) is 12.0 Å². The number of carbonyl (C=O) groups is 2. The van der Waals surface area contributed by atoms with E-state index in [9.17, 15) is 9.59 Å². The summed E-state index contributed by atoms with van der Waals surface area (Å²) in [4.78, 5) is 24.5. The molecule has 4 N–H and O–H groups in total. The van der Waals surface area contributed by atoms with Crippen LogP contribution in [0, 0.1) is 5.92 Å². The van der Waals surface area contributed by atoms with Crippen LogP contribution >= 0.6 is 0 Å².